The molecule has 3 nitrogen and oxygen atoms in total. The first-order chi connectivity index (χ1) is 8.06. The number of rotatable bonds is 2. The number of hydrogen-bond donors (Lipinski definition) is 1. The lowest BCUT2D eigenvalue weighted by Crippen LogP contribution is -2.45. The number of nitrogens with zero attached hydrogens (tertiary/aromatic N) is 2. The molecule has 1 aliphatic heterocycles. The maximum absolute atomic E-state index is 5.92. The maximum atomic E-state index is 5.92. The minimum absolute atomic E-state index is 0.658. The van der Waals surface area contributed by atoms with Crippen LogP contribution in [0.4, 0.5) is 11.4 Å². The fourth-order valence-corrected chi connectivity index (χ4v) is 2.59. The highest BCUT2D eigenvalue weighted by Gasteiger charge is 2.21. The monoisotopic (exact) mass is 233 g/mol. The van der Waals surface area contributed by atoms with Crippen LogP contribution in [0.15, 0.2) is 18.2 Å². The van der Waals surface area contributed by atoms with Crippen molar-refractivity contribution in [2.24, 2.45) is 0 Å². The van der Waals surface area contributed by atoms with Gasteiger partial charge in [0.15, 0.2) is 0 Å². The van der Waals surface area contributed by atoms with Gasteiger partial charge in [0.05, 0.1) is 0 Å². The fraction of sp³-hybridized carbons (Fsp3) is 0.571. The molecule has 0 amide bonds. The van der Waals surface area contributed by atoms with E-state index in [0.717, 1.165) is 18.8 Å². The molecule has 1 fully saturated rings. The second-order valence-electron chi connectivity index (χ2n) is 5.31. The van der Waals surface area contributed by atoms with Crippen LogP contribution in [-0.2, 0) is 0 Å². The van der Waals surface area contributed by atoms with Gasteiger partial charge in [-0.05, 0) is 57.6 Å². The van der Waals surface area contributed by atoms with E-state index in [1.54, 1.807) is 0 Å². The standard InChI is InChI=1S/C14H23N3/c1-11-7-12(15)9-14(8-11)17-6-4-5-13(10-17)16(2)3/h7-9,13H,4-6,10,15H2,1-3H3. The Labute approximate surface area is 104 Å². The van der Waals surface area contributed by atoms with E-state index in [9.17, 15) is 0 Å². The summed E-state index contributed by atoms with van der Waals surface area (Å²) in [6.45, 7) is 4.36. The lowest BCUT2D eigenvalue weighted by Gasteiger charge is -2.37. The number of likely N-dealkylation sites (N-methyl/N-ethyl adjacent to an activating group) is 1. The van der Waals surface area contributed by atoms with Gasteiger partial charge in [0, 0.05) is 30.5 Å². The molecule has 1 heterocycles. The molecule has 0 bridgehead atoms. The van der Waals surface area contributed by atoms with Crippen molar-refractivity contribution < 1.29 is 0 Å². The molecule has 1 aromatic carbocycles. The average Bonchev–Trinajstić information content (AvgIpc) is 2.28. The molecule has 94 valence electrons. The first-order valence-corrected chi connectivity index (χ1v) is 6.35. The number of hydrogen-bond acceptors (Lipinski definition) is 3. The second kappa shape index (κ2) is 4.96. The zero-order chi connectivity index (χ0) is 12.4. The van der Waals surface area contributed by atoms with Gasteiger partial charge in [-0.2, -0.15) is 0 Å². The van der Waals surface area contributed by atoms with Crippen LogP contribution in [0.25, 0.3) is 0 Å². The third-order valence-electron chi connectivity index (χ3n) is 3.58. The van der Waals surface area contributed by atoms with E-state index in [2.05, 4.69) is 43.0 Å². The van der Waals surface area contributed by atoms with Crippen molar-refractivity contribution in [2.75, 3.05) is 37.8 Å². The first kappa shape index (κ1) is 12.2. The van der Waals surface area contributed by atoms with E-state index >= 15 is 0 Å². The highest BCUT2D eigenvalue weighted by Crippen LogP contribution is 2.24. The van der Waals surface area contributed by atoms with Crippen LogP contribution in [0.3, 0.4) is 0 Å². The molecule has 3 heteroatoms. The normalized spacial score (nSPS) is 20.9. The Morgan fingerprint density at radius 2 is 2.06 bits per heavy atom. The molecule has 0 aliphatic carbocycles. The first-order valence-electron chi connectivity index (χ1n) is 6.35. The third-order valence-corrected chi connectivity index (χ3v) is 3.58. The van der Waals surface area contributed by atoms with Crippen LogP contribution in [-0.4, -0.2) is 38.1 Å². The molecular weight excluding hydrogens is 210 g/mol. The molecule has 0 saturated carbocycles. The number of piperidine rings is 1. The van der Waals surface area contributed by atoms with E-state index in [0.29, 0.717) is 6.04 Å². The summed E-state index contributed by atoms with van der Waals surface area (Å²) in [5.41, 5.74) is 9.31. The molecule has 17 heavy (non-hydrogen) atoms. The summed E-state index contributed by atoms with van der Waals surface area (Å²) in [5, 5.41) is 0. The molecule has 1 atom stereocenters. The summed E-state index contributed by atoms with van der Waals surface area (Å²) < 4.78 is 0. The van der Waals surface area contributed by atoms with E-state index in [4.69, 9.17) is 5.73 Å². The van der Waals surface area contributed by atoms with Crippen LogP contribution < -0.4 is 10.6 Å². The van der Waals surface area contributed by atoms with Crippen molar-refractivity contribution in [3.8, 4) is 0 Å². The van der Waals surface area contributed by atoms with Crippen LogP contribution in [0.1, 0.15) is 18.4 Å². The van der Waals surface area contributed by atoms with Crippen LogP contribution in [0.2, 0.25) is 0 Å². The topological polar surface area (TPSA) is 32.5 Å². The lowest BCUT2D eigenvalue weighted by molar-refractivity contribution is 0.258. The van der Waals surface area contributed by atoms with Crippen molar-refractivity contribution in [3.05, 3.63) is 23.8 Å². The highest BCUT2D eigenvalue weighted by molar-refractivity contribution is 5.58. The Morgan fingerprint density at radius 3 is 2.71 bits per heavy atom. The Morgan fingerprint density at radius 1 is 1.29 bits per heavy atom. The number of benzene rings is 1. The van der Waals surface area contributed by atoms with Crippen molar-refractivity contribution in [1.82, 2.24) is 4.90 Å². The van der Waals surface area contributed by atoms with Crippen LogP contribution in [0.5, 0.6) is 0 Å². The van der Waals surface area contributed by atoms with Crippen molar-refractivity contribution in [3.63, 3.8) is 0 Å². The third kappa shape index (κ3) is 2.91. The quantitative estimate of drug-likeness (QED) is 0.794. The van der Waals surface area contributed by atoms with Crippen molar-refractivity contribution in [1.29, 1.82) is 0 Å². The number of nitrogens with two attached hydrogens (primary N) is 1. The predicted octanol–water partition coefficient (Wildman–Crippen LogP) is 2.11. The summed E-state index contributed by atoms with van der Waals surface area (Å²) in [7, 11) is 4.33. The average molecular weight is 233 g/mol. The largest absolute Gasteiger partial charge is 0.399 e. The van der Waals surface area contributed by atoms with Crippen molar-refractivity contribution >= 4 is 11.4 Å². The van der Waals surface area contributed by atoms with Crippen LogP contribution >= 0.6 is 0 Å². The number of aryl methyl sites for hydroxylation is 1. The van der Waals surface area contributed by atoms with Gasteiger partial charge in [-0.1, -0.05) is 0 Å². The van der Waals surface area contributed by atoms with E-state index in [1.807, 2.05) is 6.07 Å². The number of anilines is 2. The molecule has 2 N–H and O–H groups in total. The maximum Gasteiger partial charge on any atom is 0.0390 e. The molecule has 1 saturated heterocycles. The summed E-state index contributed by atoms with van der Waals surface area (Å²) in [5.74, 6) is 0. The van der Waals surface area contributed by atoms with Crippen molar-refractivity contribution in [2.45, 2.75) is 25.8 Å². The zero-order valence-electron chi connectivity index (χ0n) is 11.1. The van der Waals surface area contributed by atoms with E-state index in [-0.39, 0.29) is 0 Å². The molecule has 0 spiro atoms. The lowest BCUT2D eigenvalue weighted by atomic mass is 10.0. The van der Waals surface area contributed by atoms with Gasteiger partial charge >= 0.3 is 0 Å². The molecule has 0 radical (unpaired) electrons. The van der Waals surface area contributed by atoms with Gasteiger partial charge in [-0.15, -0.1) is 0 Å². The zero-order valence-corrected chi connectivity index (χ0v) is 11.1. The van der Waals surface area contributed by atoms with E-state index in [1.165, 1.54) is 24.1 Å². The number of nitrogen functional groups attached to an aromatic ring is 1. The summed E-state index contributed by atoms with van der Waals surface area (Å²) in [4.78, 5) is 4.78. The molecular formula is C14H23N3. The minimum Gasteiger partial charge on any atom is -0.399 e. The highest BCUT2D eigenvalue weighted by atomic mass is 15.2. The Balaban J connectivity index is 2.16. The Kier molecular flexibility index (Phi) is 3.57. The molecule has 1 aromatic rings. The molecule has 2 rings (SSSR count). The van der Waals surface area contributed by atoms with Crippen LogP contribution in [0, 0.1) is 6.92 Å². The van der Waals surface area contributed by atoms with Gasteiger partial charge in [0.25, 0.3) is 0 Å². The summed E-state index contributed by atoms with van der Waals surface area (Å²) >= 11 is 0. The minimum atomic E-state index is 0.658. The molecule has 0 aromatic heterocycles. The smallest absolute Gasteiger partial charge is 0.0390 e. The fourth-order valence-electron chi connectivity index (χ4n) is 2.59. The predicted molar refractivity (Wildman–Crippen MR) is 74.5 cm³/mol. The van der Waals surface area contributed by atoms with Gasteiger partial charge in [-0.3, -0.25) is 0 Å². The molecule has 1 unspecified atom stereocenters. The van der Waals surface area contributed by atoms with Gasteiger partial charge in [0.1, 0.15) is 0 Å². The summed E-state index contributed by atoms with van der Waals surface area (Å²) in [6.07, 6.45) is 2.56. The molecule has 1 aliphatic rings. The van der Waals surface area contributed by atoms with Gasteiger partial charge in [-0.25, -0.2) is 0 Å². The van der Waals surface area contributed by atoms with Gasteiger partial charge in [0.2, 0.25) is 0 Å². The second-order valence-corrected chi connectivity index (χ2v) is 5.31. The summed E-state index contributed by atoms with van der Waals surface area (Å²) in [6, 6.07) is 7.00. The van der Waals surface area contributed by atoms with Gasteiger partial charge < -0.3 is 15.5 Å². The Bertz CT molecular complexity index is 367. The van der Waals surface area contributed by atoms with E-state index < -0.39 is 0 Å². The Hall–Kier alpha value is -1.22. The SMILES string of the molecule is Cc1cc(N)cc(N2CCCC(N(C)C)C2)c1.